The molecule has 4 aromatic carbocycles. The summed E-state index contributed by atoms with van der Waals surface area (Å²) in [4.78, 5) is 30.0. The minimum atomic E-state index is -4.18. The molecular weight excluding hydrogens is 641 g/mol. The minimum absolute atomic E-state index is 0.0168. The molecule has 0 aliphatic heterocycles. The largest absolute Gasteiger partial charge is 0.350 e. The average molecular weight is 681 g/mol. The van der Waals surface area contributed by atoms with Crippen LogP contribution in [0.1, 0.15) is 43.0 Å². The fourth-order valence-electron chi connectivity index (χ4n) is 4.92. The molecule has 0 aliphatic rings. The third kappa shape index (κ3) is 9.12. The fourth-order valence-corrected chi connectivity index (χ4v) is 6.65. The van der Waals surface area contributed by atoms with Crippen LogP contribution in [0, 0.1) is 13.8 Å². The second kappa shape index (κ2) is 14.7. The zero-order valence-electron chi connectivity index (χ0n) is 26.6. The number of amides is 2. The molecule has 4 rings (SSSR count). The Morgan fingerprint density at radius 3 is 1.93 bits per heavy atom. The van der Waals surface area contributed by atoms with Gasteiger partial charge < -0.3 is 10.2 Å². The monoisotopic (exact) mass is 679 g/mol. The van der Waals surface area contributed by atoms with Gasteiger partial charge in [-0.25, -0.2) is 8.42 Å². The highest BCUT2D eigenvalue weighted by atomic mass is 35.5. The van der Waals surface area contributed by atoms with E-state index in [1.807, 2.05) is 65.0 Å². The topological polar surface area (TPSA) is 86.8 Å². The third-order valence-corrected chi connectivity index (χ3v) is 9.84. The molecule has 0 heterocycles. The molecular formula is C36H39Cl2N3O4S. The molecule has 10 heteroatoms. The highest BCUT2D eigenvalue weighted by Crippen LogP contribution is 2.27. The first-order chi connectivity index (χ1) is 21.6. The smallest absolute Gasteiger partial charge is 0.264 e. The second-order valence-corrected chi connectivity index (χ2v) is 15.1. The van der Waals surface area contributed by atoms with Crippen molar-refractivity contribution in [3.05, 3.63) is 129 Å². The van der Waals surface area contributed by atoms with Crippen molar-refractivity contribution >= 4 is 50.7 Å². The number of carbonyl (C=O) groups is 2. The van der Waals surface area contributed by atoms with Gasteiger partial charge in [0.05, 0.1) is 20.6 Å². The zero-order valence-corrected chi connectivity index (χ0v) is 29.0. The Morgan fingerprint density at radius 2 is 1.37 bits per heavy atom. The maximum absolute atomic E-state index is 14.6. The van der Waals surface area contributed by atoms with Gasteiger partial charge in [0.25, 0.3) is 10.0 Å². The van der Waals surface area contributed by atoms with E-state index in [1.54, 1.807) is 54.6 Å². The summed E-state index contributed by atoms with van der Waals surface area (Å²) in [5, 5.41) is 3.67. The lowest BCUT2D eigenvalue weighted by Crippen LogP contribution is -2.56. The quantitative estimate of drug-likeness (QED) is 0.179. The molecule has 46 heavy (non-hydrogen) atoms. The Bertz CT molecular complexity index is 1770. The van der Waals surface area contributed by atoms with E-state index in [0.717, 1.165) is 21.0 Å². The molecule has 242 valence electrons. The van der Waals surface area contributed by atoms with Crippen LogP contribution in [0.3, 0.4) is 0 Å². The van der Waals surface area contributed by atoms with Crippen molar-refractivity contribution in [1.29, 1.82) is 0 Å². The number of halogens is 2. The van der Waals surface area contributed by atoms with Crippen LogP contribution < -0.4 is 9.62 Å². The van der Waals surface area contributed by atoms with Crippen molar-refractivity contribution in [2.45, 2.75) is 64.1 Å². The SMILES string of the molecule is Cc1ccc(N(CC(=O)N(Cc2ccc(Cl)c(Cl)c2)[C@@H](Cc2ccccc2)C(=O)NC(C)(C)C)S(=O)(=O)c2ccc(C)cc2)cc1. The molecule has 0 fully saturated rings. The van der Waals surface area contributed by atoms with Gasteiger partial charge >= 0.3 is 0 Å². The molecule has 0 bridgehead atoms. The van der Waals surface area contributed by atoms with Crippen LogP contribution in [0.2, 0.25) is 10.0 Å². The average Bonchev–Trinajstić information content (AvgIpc) is 2.99. The van der Waals surface area contributed by atoms with Gasteiger partial charge in [-0.1, -0.05) is 95.0 Å². The Kier molecular flexibility index (Phi) is 11.2. The second-order valence-electron chi connectivity index (χ2n) is 12.4. The van der Waals surface area contributed by atoms with Gasteiger partial charge in [-0.2, -0.15) is 0 Å². The van der Waals surface area contributed by atoms with E-state index in [-0.39, 0.29) is 23.8 Å². The molecule has 7 nitrogen and oxygen atoms in total. The van der Waals surface area contributed by atoms with Crippen molar-refractivity contribution in [3.63, 3.8) is 0 Å². The van der Waals surface area contributed by atoms with Crippen LogP contribution in [0.15, 0.2) is 102 Å². The van der Waals surface area contributed by atoms with E-state index in [1.165, 1.54) is 17.0 Å². The first-order valence-corrected chi connectivity index (χ1v) is 17.1. The Morgan fingerprint density at radius 1 is 0.783 bits per heavy atom. The number of carbonyl (C=O) groups excluding carboxylic acids is 2. The Labute approximate surface area is 282 Å². The number of anilines is 1. The van der Waals surface area contributed by atoms with Gasteiger partial charge in [0.1, 0.15) is 12.6 Å². The third-order valence-electron chi connectivity index (χ3n) is 7.32. The lowest BCUT2D eigenvalue weighted by atomic mass is 10.0. The summed E-state index contributed by atoms with van der Waals surface area (Å²) in [5.74, 6) is -0.930. The van der Waals surface area contributed by atoms with Crippen molar-refractivity contribution in [2.75, 3.05) is 10.8 Å². The number of aryl methyl sites for hydroxylation is 2. The molecule has 0 saturated heterocycles. The molecule has 0 aliphatic carbocycles. The number of benzene rings is 4. The van der Waals surface area contributed by atoms with Gasteiger partial charge in [-0.15, -0.1) is 0 Å². The summed E-state index contributed by atoms with van der Waals surface area (Å²) < 4.78 is 29.4. The van der Waals surface area contributed by atoms with Gasteiger partial charge in [-0.3, -0.25) is 13.9 Å². The first kappa shape index (κ1) is 35.0. The minimum Gasteiger partial charge on any atom is -0.350 e. The van der Waals surface area contributed by atoms with Gasteiger partial charge in [0, 0.05) is 18.5 Å². The van der Waals surface area contributed by atoms with E-state index >= 15 is 0 Å². The number of nitrogens with zero attached hydrogens (tertiary/aromatic N) is 2. The van der Waals surface area contributed by atoms with Crippen LogP contribution >= 0.6 is 23.2 Å². The van der Waals surface area contributed by atoms with E-state index in [4.69, 9.17) is 23.2 Å². The first-order valence-electron chi connectivity index (χ1n) is 14.9. The standard InChI is InChI=1S/C36H39Cl2N3O4S/c1-25-11-16-29(17-12-25)41(46(44,45)30-18-13-26(2)14-19-30)24-34(42)40(23-28-15-20-31(37)32(38)21-28)33(35(43)39-36(3,4)5)22-27-9-7-6-8-10-27/h6-21,33H,22-24H2,1-5H3,(H,39,43)/t33-/m0/s1. The van der Waals surface area contributed by atoms with Crippen LogP contribution in [0.4, 0.5) is 5.69 Å². The van der Waals surface area contributed by atoms with Gasteiger partial charge in [0.2, 0.25) is 11.8 Å². The predicted molar refractivity (Wildman–Crippen MR) is 186 cm³/mol. The number of nitrogens with one attached hydrogen (secondary N) is 1. The maximum atomic E-state index is 14.6. The summed E-state index contributed by atoms with van der Waals surface area (Å²) in [6, 6.07) is 26.8. The van der Waals surface area contributed by atoms with Crippen LogP contribution in [-0.2, 0) is 32.6 Å². The number of rotatable bonds is 11. The zero-order chi connectivity index (χ0) is 33.6. The summed E-state index contributed by atoms with van der Waals surface area (Å²) in [7, 11) is -4.18. The summed E-state index contributed by atoms with van der Waals surface area (Å²) in [5.41, 5.74) is 3.04. The molecule has 0 radical (unpaired) electrons. The van der Waals surface area contributed by atoms with Crippen molar-refractivity contribution in [1.82, 2.24) is 10.2 Å². The van der Waals surface area contributed by atoms with Crippen molar-refractivity contribution < 1.29 is 18.0 Å². The molecule has 0 unspecified atom stereocenters. The number of hydrogen-bond acceptors (Lipinski definition) is 4. The number of hydrogen-bond donors (Lipinski definition) is 1. The highest BCUT2D eigenvalue weighted by molar-refractivity contribution is 7.92. The summed E-state index contributed by atoms with van der Waals surface area (Å²) >= 11 is 12.5. The van der Waals surface area contributed by atoms with Gasteiger partial charge in [0.15, 0.2) is 0 Å². The van der Waals surface area contributed by atoms with Crippen LogP contribution in [0.25, 0.3) is 0 Å². The molecule has 4 aromatic rings. The lowest BCUT2D eigenvalue weighted by molar-refractivity contribution is -0.140. The van der Waals surface area contributed by atoms with Crippen molar-refractivity contribution in [3.8, 4) is 0 Å². The Balaban J connectivity index is 1.83. The fraction of sp³-hybridized carbons (Fsp3) is 0.278. The molecule has 0 spiro atoms. The van der Waals surface area contributed by atoms with Crippen LogP contribution in [0.5, 0.6) is 0 Å². The molecule has 2 amide bonds. The van der Waals surface area contributed by atoms with E-state index in [9.17, 15) is 18.0 Å². The molecule has 0 aromatic heterocycles. The van der Waals surface area contributed by atoms with Crippen LogP contribution in [-0.4, -0.2) is 43.3 Å². The predicted octanol–water partition coefficient (Wildman–Crippen LogP) is 7.36. The van der Waals surface area contributed by atoms with E-state index in [2.05, 4.69) is 5.32 Å². The Hall–Kier alpha value is -3.85. The molecule has 0 saturated carbocycles. The molecule has 1 atom stereocenters. The normalized spacial score (nSPS) is 12.3. The number of sulfonamides is 1. The summed E-state index contributed by atoms with van der Waals surface area (Å²) in [6.07, 6.45) is 0.199. The van der Waals surface area contributed by atoms with Gasteiger partial charge in [-0.05, 0) is 82.1 Å². The van der Waals surface area contributed by atoms with E-state index < -0.39 is 34.1 Å². The van der Waals surface area contributed by atoms with E-state index in [0.29, 0.717) is 21.3 Å². The molecule has 1 N–H and O–H groups in total. The highest BCUT2D eigenvalue weighted by Gasteiger charge is 2.35. The lowest BCUT2D eigenvalue weighted by Gasteiger charge is -2.35. The van der Waals surface area contributed by atoms with Crippen molar-refractivity contribution in [2.24, 2.45) is 0 Å². The maximum Gasteiger partial charge on any atom is 0.264 e. The summed E-state index contributed by atoms with van der Waals surface area (Å²) in [6.45, 7) is 8.79.